The molecule has 1 aliphatic rings. The number of aryl methyl sites for hydroxylation is 2. The van der Waals surface area contributed by atoms with Gasteiger partial charge in [0.15, 0.2) is 0 Å². The Hall–Kier alpha value is -0.810. The smallest absolute Gasteiger partial charge is 0.258 e. The molecule has 0 saturated carbocycles. The summed E-state index contributed by atoms with van der Waals surface area (Å²) in [6.07, 6.45) is 0.0970. The Morgan fingerprint density at radius 2 is 2.12 bits per heavy atom. The van der Waals surface area contributed by atoms with E-state index >= 15 is 0 Å². The largest absolute Gasteiger partial charge is 0.465 e. The summed E-state index contributed by atoms with van der Waals surface area (Å²) in [5.74, 6) is 1.42. The van der Waals surface area contributed by atoms with Crippen molar-refractivity contribution in [3.63, 3.8) is 0 Å². The molecule has 0 radical (unpaired) electrons. The average molecular weight is 302 g/mol. The van der Waals surface area contributed by atoms with Crippen LogP contribution in [0.4, 0.5) is 0 Å². The molecule has 1 aliphatic heterocycles. The maximum atomic E-state index is 12.4. The predicted octanol–water partition coefficient (Wildman–Crippen LogP) is 2.52. The van der Waals surface area contributed by atoms with Gasteiger partial charge in [0.05, 0.1) is 22.7 Å². The molecule has 4 nitrogen and oxygen atoms in total. The highest BCUT2D eigenvalue weighted by Crippen LogP contribution is 2.28. The van der Waals surface area contributed by atoms with Gasteiger partial charge in [-0.3, -0.25) is 4.79 Å². The van der Waals surface area contributed by atoms with Crippen molar-refractivity contribution in [2.75, 3.05) is 19.7 Å². The normalized spacial score (nSPS) is 20.7. The molecule has 1 aromatic heterocycles. The van der Waals surface area contributed by atoms with E-state index in [9.17, 15) is 4.79 Å². The standard InChI is InChI=1S/C12H16BrNO3/c1-7-6-14(4-5-16-7)12(15)10-8(2)17-9(3)11(10)13/h7H,4-6H2,1-3H3/t7-/m0/s1. The van der Waals surface area contributed by atoms with Crippen LogP contribution < -0.4 is 0 Å². The first-order chi connectivity index (χ1) is 8.00. The van der Waals surface area contributed by atoms with Crippen LogP contribution >= 0.6 is 15.9 Å². The first kappa shape index (κ1) is 12.6. The van der Waals surface area contributed by atoms with Crippen molar-refractivity contribution in [3.8, 4) is 0 Å². The summed E-state index contributed by atoms with van der Waals surface area (Å²) in [4.78, 5) is 14.2. The van der Waals surface area contributed by atoms with Gasteiger partial charge in [-0.15, -0.1) is 0 Å². The third-order valence-corrected chi connectivity index (χ3v) is 3.88. The van der Waals surface area contributed by atoms with Crippen molar-refractivity contribution in [2.45, 2.75) is 26.9 Å². The second-order valence-corrected chi connectivity index (χ2v) is 5.13. The maximum Gasteiger partial charge on any atom is 0.258 e. The molecule has 2 rings (SSSR count). The Balaban J connectivity index is 2.24. The van der Waals surface area contributed by atoms with Crippen molar-refractivity contribution in [1.29, 1.82) is 0 Å². The van der Waals surface area contributed by atoms with Crippen molar-refractivity contribution in [2.24, 2.45) is 0 Å². The number of morpholine rings is 1. The molecule has 1 atom stereocenters. The second kappa shape index (κ2) is 4.82. The number of carbonyl (C=O) groups is 1. The Bertz CT molecular complexity index is 441. The molecule has 1 amide bonds. The fourth-order valence-electron chi connectivity index (χ4n) is 2.06. The molecule has 0 unspecified atom stereocenters. The number of nitrogens with zero attached hydrogens (tertiary/aromatic N) is 1. The molecule has 1 fully saturated rings. The number of ether oxygens (including phenoxy) is 1. The van der Waals surface area contributed by atoms with E-state index < -0.39 is 0 Å². The first-order valence-electron chi connectivity index (χ1n) is 5.67. The van der Waals surface area contributed by atoms with Crippen molar-refractivity contribution >= 4 is 21.8 Å². The third kappa shape index (κ3) is 2.40. The van der Waals surface area contributed by atoms with Gasteiger partial charge in [0.2, 0.25) is 0 Å². The van der Waals surface area contributed by atoms with Crippen LogP contribution in [0.15, 0.2) is 8.89 Å². The Morgan fingerprint density at radius 3 is 2.65 bits per heavy atom. The van der Waals surface area contributed by atoms with Crippen molar-refractivity contribution in [3.05, 3.63) is 21.6 Å². The molecule has 0 spiro atoms. The molecule has 5 heteroatoms. The summed E-state index contributed by atoms with van der Waals surface area (Å²) >= 11 is 3.41. The van der Waals surface area contributed by atoms with Crippen LogP contribution in [-0.2, 0) is 4.74 Å². The lowest BCUT2D eigenvalue weighted by Gasteiger charge is -2.31. The number of furan rings is 1. The fourth-order valence-corrected chi connectivity index (χ4v) is 2.59. The molecule has 17 heavy (non-hydrogen) atoms. The van der Waals surface area contributed by atoms with Crippen LogP contribution in [0.1, 0.15) is 28.8 Å². The van der Waals surface area contributed by atoms with E-state index in [1.54, 1.807) is 0 Å². The molecule has 1 aromatic rings. The highest BCUT2D eigenvalue weighted by molar-refractivity contribution is 9.10. The first-order valence-corrected chi connectivity index (χ1v) is 6.46. The average Bonchev–Trinajstić information content (AvgIpc) is 2.52. The summed E-state index contributed by atoms with van der Waals surface area (Å²) in [6.45, 7) is 7.50. The van der Waals surface area contributed by atoms with Gasteiger partial charge in [-0.2, -0.15) is 0 Å². The van der Waals surface area contributed by atoms with Gasteiger partial charge in [0, 0.05) is 13.1 Å². The summed E-state index contributed by atoms with van der Waals surface area (Å²) in [6, 6.07) is 0. The van der Waals surface area contributed by atoms with Crippen LogP contribution in [0.5, 0.6) is 0 Å². The van der Waals surface area contributed by atoms with E-state index in [4.69, 9.17) is 9.15 Å². The topological polar surface area (TPSA) is 42.7 Å². The number of amides is 1. The van der Waals surface area contributed by atoms with Gasteiger partial charge in [0.25, 0.3) is 5.91 Å². The van der Waals surface area contributed by atoms with Gasteiger partial charge in [0.1, 0.15) is 11.5 Å². The number of hydrogen-bond donors (Lipinski definition) is 0. The van der Waals surface area contributed by atoms with Crippen LogP contribution in [0.2, 0.25) is 0 Å². The van der Waals surface area contributed by atoms with E-state index in [-0.39, 0.29) is 12.0 Å². The molecule has 0 N–H and O–H groups in total. The zero-order chi connectivity index (χ0) is 12.6. The van der Waals surface area contributed by atoms with Crippen LogP contribution in [-0.4, -0.2) is 36.6 Å². The molecular formula is C12H16BrNO3. The van der Waals surface area contributed by atoms with Crippen LogP contribution in [0.25, 0.3) is 0 Å². The number of halogens is 1. The van der Waals surface area contributed by atoms with Crippen LogP contribution in [0, 0.1) is 13.8 Å². The predicted molar refractivity (Wildman–Crippen MR) is 67.2 cm³/mol. The zero-order valence-electron chi connectivity index (χ0n) is 10.2. The minimum Gasteiger partial charge on any atom is -0.465 e. The lowest BCUT2D eigenvalue weighted by atomic mass is 10.2. The lowest BCUT2D eigenvalue weighted by molar-refractivity contribution is -0.0125. The number of rotatable bonds is 1. The molecule has 0 bridgehead atoms. The highest BCUT2D eigenvalue weighted by Gasteiger charge is 2.27. The lowest BCUT2D eigenvalue weighted by Crippen LogP contribution is -2.44. The maximum absolute atomic E-state index is 12.4. The van der Waals surface area contributed by atoms with Gasteiger partial charge in [-0.25, -0.2) is 0 Å². The number of hydrogen-bond acceptors (Lipinski definition) is 3. The molecule has 2 heterocycles. The zero-order valence-corrected chi connectivity index (χ0v) is 11.8. The van der Waals surface area contributed by atoms with E-state index in [1.165, 1.54) is 0 Å². The Kier molecular flexibility index (Phi) is 3.58. The van der Waals surface area contributed by atoms with E-state index in [1.807, 2.05) is 25.7 Å². The highest BCUT2D eigenvalue weighted by atomic mass is 79.9. The van der Waals surface area contributed by atoms with Crippen LogP contribution in [0.3, 0.4) is 0 Å². The molecule has 0 aromatic carbocycles. The molecule has 0 aliphatic carbocycles. The van der Waals surface area contributed by atoms with Gasteiger partial charge in [-0.1, -0.05) is 0 Å². The Labute approximate surface area is 109 Å². The van der Waals surface area contributed by atoms with Gasteiger partial charge >= 0.3 is 0 Å². The summed E-state index contributed by atoms with van der Waals surface area (Å²) in [5.41, 5.74) is 0.636. The minimum absolute atomic E-state index is 0.0152. The van der Waals surface area contributed by atoms with E-state index in [0.717, 1.165) is 10.2 Å². The Morgan fingerprint density at radius 1 is 1.41 bits per heavy atom. The van der Waals surface area contributed by atoms with E-state index in [2.05, 4.69) is 15.9 Å². The number of carbonyl (C=O) groups excluding carboxylic acids is 1. The quantitative estimate of drug-likeness (QED) is 0.800. The van der Waals surface area contributed by atoms with Crippen molar-refractivity contribution < 1.29 is 13.9 Å². The molecule has 1 saturated heterocycles. The van der Waals surface area contributed by atoms with Gasteiger partial charge in [-0.05, 0) is 36.7 Å². The van der Waals surface area contributed by atoms with E-state index in [0.29, 0.717) is 31.0 Å². The summed E-state index contributed by atoms with van der Waals surface area (Å²) in [7, 11) is 0. The minimum atomic E-state index is 0.0152. The summed E-state index contributed by atoms with van der Waals surface area (Å²) < 4.78 is 11.7. The SMILES string of the molecule is Cc1oc(C)c(C(=O)N2CCO[C@@H](C)C2)c1Br. The fraction of sp³-hybridized carbons (Fsp3) is 0.583. The monoisotopic (exact) mass is 301 g/mol. The molecule has 94 valence electrons. The molecular weight excluding hydrogens is 286 g/mol. The second-order valence-electron chi connectivity index (χ2n) is 4.34. The summed E-state index contributed by atoms with van der Waals surface area (Å²) in [5, 5.41) is 0. The van der Waals surface area contributed by atoms with Gasteiger partial charge < -0.3 is 14.1 Å². The van der Waals surface area contributed by atoms with Crippen molar-refractivity contribution in [1.82, 2.24) is 4.90 Å². The third-order valence-electron chi connectivity index (χ3n) is 2.93.